The molecular weight excluding hydrogens is 1120 g/mol. The van der Waals surface area contributed by atoms with Gasteiger partial charge in [0.25, 0.3) is 0 Å². The maximum atomic E-state index is 13.9. The first-order valence-electron chi connectivity index (χ1n) is 28.4. The third-order valence-corrected chi connectivity index (χ3v) is 19.2. The second-order valence-electron chi connectivity index (χ2n) is 23.5. The topological polar surface area (TPSA) is 297 Å². The van der Waals surface area contributed by atoms with Crippen molar-refractivity contribution in [2.24, 2.45) is 22.7 Å². The Hall–Kier alpha value is -6.22. The number of nitrogens with one attached hydrogen (secondary N) is 2. The van der Waals surface area contributed by atoms with Crippen LogP contribution in [0.3, 0.4) is 0 Å². The Kier molecular flexibility index (Phi) is 23.1. The van der Waals surface area contributed by atoms with Crippen molar-refractivity contribution in [1.82, 2.24) is 19.2 Å². The first-order valence-corrected chi connectivity index (χ1v) is 31.3. The molecule has 4 aromatic rings. The molecule has 0 saturated carbocycles. The van der Waals surface area contributed by atoms with Crippen LogP contribution in [0.4, 0.5) is 9.59 Å². The predicted octanol–water partition coefficient (Wildman–Crippen LogP) is 6.95. The fraction of sp³-hybridized carbons (Fsp3) is 0.541. The molecule has 0 spiro atoms. The molecule has 0 bridgehead atoms. The highest BCUT2D eigenvalue weighted by Gasteiger charge is 2.46. The number of ether oxygens (including phenoxy) is 6. The summed E-state index contributed by atoms with van der Waals surface area (Å²) in [5.41, 5.74) is 1.47. The molecule has 4 fully saturated rings. The lowest BCUT2D eigenvalue weighted by Crippen LogP contribution is -2.52. The van der Waals surface area contributed by atoms with Crippen LogP contribution in [0.2, 0.25) is 0 Å². The van der Waals surface area contributed by atoms with Crippen LogP contribution in [-0.4, -0.2) is 155 Å². The molecule has 4 saturated heterocycles. The molecule has 23 heteroatoms. The van der Waals surface area contributed by atoms with Crippen molar-refractivity contribution in [2.75, 3.05) is 52.6 Å². The maximum Gasteiger partial charge on any atom is 0.407 e. The number of fused-ring (bicyclic) bond motifs is 2. The number of carbonyl (C=O) groups excluding carboxylic acids is 2. The SMILES string of the molecule is CC(C)(CCC#N)CN(CC(O)C(Cc1ccccc1)NC(=O)OC1COC2OCCC12)S(=O)(=O)c1ccc(O)cc1.Cc1ccc(S(=O)(=O)N(CC(O)C(Cc2ccccc2)NC(=O)OC2COC3OCCC23)CC(C)(C)CCC#N)cc1. The van der Waals surface area contributed by atoms with Crippen LogP contribution >= 0.6 is 0 Å². The number of hydrogen-bond acceptors (Lipinski definition) is 17. The maximum absolute atomic E-state index is 13.9. The summed E-state index contributed by atoms with van der Waals surface area (Å²) in [6, 6.07) is 32.8. The third-order valence-electron chi connectivity index (χ3n) is 15.6. The summed E-state index contributed by atoms with van der Waals surface area (Å²) in [5.74, 6) is -0.183. The number of aromatic hydroxyl groups is 1. The lowest BCUT2D eigenvalue weighted by atomic mass is 9.88. The molecule has 8 rings (SSSR count). The Morgan fingerprint density at radius 3 is 1.38 bits per heavy atom. The van der Waals surface area contributed by atoms with E-state index in [1.165, 1.54) is 32.9 Å². The number of amides is 2. The second kappa shape index (κ2) is 29.7. The van der Waals surface area contributed by atoms with Gasteiger partial charge in [-0.2, -0.15) is 19.1 Å². The van der Waals surface area contributed by atoms with Crippen molar-refractivity contribution in [3.63, 3.8) is 0 Å². The van der Waals surface area contributed by atoms with Crippen molar-refractivity contribution in [1.29, 1.82) is 10.5 Å². The number of carbonyl (C=O) groups is 2. The molecule has 10 unspecified atom stereocenters. The van der Waals surface area contributed by atoms with E-state index >= 15 is 0 Å². The van der Waals surface area contributed by atoms with Crippen molar-refractivity contribution in [3.8, 4) is 17.9 Å². The van der Waals surface area contributed by atoms with E-state index in [-0.39, 0.29) is 98.7 Å². The van der Waals surface area contributed by atoms with Crippen molar-refractivity contribution in [2.45, 2.75) is 145 Å². The Labute approximate surface area is 493 Å². The number of benzene rings is 4. The molecule has 4 aliphatic rings. The van der Waals surface area contributed by atoms with Gasteiger partial charge in [-0.15, -0.1) is 0 Å². The van der Waals surface area contributed by atoms with E-state index in [2.05, 4.69) is 22.8 Å². The molecule has 10 atom stereocenters. The van der Waals surface area contributed by atoms with Crippen molar-refractivity contribution < 1.29 is 70.2 Å². The van der Waals surface area contributed by atoms with Gasteiger partial charge in [-0.25, -0.2) is 26.4 Å². The van der Waals surface area contributed by atoms with Gasteiger partial charge >= 0.3 is 12.2 Å². The number of phenolic OH excluding ortho intramolecular Hbond substituents is 1. The molecule has 456 valence electrons. The van der Waals surface area contributed by atoms with E-state index in [1.807, 2.05) is 95.3 Å². The number of aliphatic hydroxyl groups excluding tert-OH is 2. The fourth-order valence-electron chi connectivity index (χ4n) is 10.7. The standard InChI is InChI=1S/C31H41N3O7S.C30H39N3O8S/c1-22-10-12-24(13-11-22)42(37,38)34(21-31(2,3)15-7-16-32)19-27(35)26(18-23-8-5-4-6-9-23)33-30(36)41-28-20-40-29-25(28)14-17-39-29;1-30(2,14-6-15-31)20-33(42(37,38)23-11-9-22(34)10-12-23)18-26(35)25(17-21-7-4-3-5-8-21)32-29(36)41-27-19-40-28-24(27)13-16-39-28/h4-6,8-13,25-29,35H,7,14-15,17-21H2,1-3H3,(H,33,36);3-5,7-12,24-28,34-35H,6,13-14,16-20H2,1-2H3,(H,32,36). The Morgan fingerprint density at radius 1 is 0.619 bits per heavy atom. The number of nitrogens with zero attached hydrogens (tertiary/aromatic N) is 4. The molecule has 4 aliphatic heterocycles. The van der Waals surface area contributed by atoms with Crippen LogP contribution in [0.25, 0.3) is 0 Å². The normalized spacial score (nSPS) is 21.8. The molecule has 84 heavy (non-hydrogen) atoms. The molecule has 2 amide bonds. The molecule has 0 radical (unpaired) electrons. The summed E-state index contributed by atoms with van der Waals surface area (Å²) in [4.78, 5) is 26.2. The quantitative estimate of drug-likeness (QED) is 0.0425. The number of nitriles is 2. The second-order valence-corrected chi connectivity index (χ2v) is 27.4. The van der Waals surface area contributed by atoms with Crippen LogP contribution in [0.15, 0.2) is 119 Å². The van der Waals surface area contributed by atoms with Crippen LogP contribution in [0, 0.1) is 52.3 Å². The highest BCUT2D eigenvalue weighted by molar-refractivity contribution is 7.89. The zero-order valence-electron chi connectivity index (χ0n) is 48.3. The number of sulfonamides is 2. The Bertz CT molecular complexity index is 2870. The average Bonchev–Trinajstić information content (AvgIpc) is 4.46. The van der Waals surface area contributed by atoms with Gasteiger partial charge in [-0.3, -0.25) is 0 Å². The molecule has 5 N–H and O–H groups in total. The molecule has 21 nitrogen and oxygen atoms in total. The molecule has 4 aromatic carbocycles. The number of aliphatic hydroxyl groups is 2. The number of phenols is 1. The van der Waals surface area contributed by atoms with Crippen LogP contribution in [-0.2, 0) is 61.3 Å². The van der Waals surface area contributed by atoms with Gasteiger partial charge in [0.2, 0.25) is 20.0 Å². The van der Waals surface area contributed by atoms with Crippen molar-refractivity contribution >= 4 is 32.2 Å². The molecule has 0 aliphatic carbocycles. The number of alkyl carbamates (subject to hydrolysis) is 2. The first kappa shape index (κ1) is 65.3. The summed E-state index contributed by atoms with van der Waals surface area (Å²) in [6.45, 7) is 10.4. The van der Waals surface area contributed by atoms with E-state index in [0.717, 1.165) is 23.1 Å². The van der Waals surface area contributed by atoms with Crippen LogP contribution in [0.5, 0.6) is 5.75 Å². The third kappa shape index (κ3) is 18.4. The summed E-state index contributed by atoms with van der Waals surface area (Å²) in [6.07, 6.45) is -2.41. The van der Waals surface area contributed by atoms with Gasteiger partial charge in [0.05, 0.1) is 84.5 Å². The van der Waals surface area contributed by atoms with E-state index in [9.17, 15) is 41.7 Å². The lowest BCUT2D eigenvalue weighted by molar-refractivity contribution is -0.0909. The van der Waals surface area contributed by atoms with Crippen molar-refractivity contribution in [3.05, 3.63) is 126 Å². The summed E-state index contributed by atoms with van der Waals surface area (Å²) in [7, 11) is -8.15. The summed E-state index contributed by atoms with van der Waals surface area (Å²) in [5, 5.41) is 56.6. The van der Waals surface area contributed by atoms with Crippen LogP contribution < -0.4 is 10.6 Å². The minimum absolute atomic E-state index is 0.0138. The minimum atomic E-state index is -4.13. The van der Waals surface area contributed by atoms with E-state index in [4.69, 9.17) is 38.9 Å². The molecule has 4 heterocycles. The highest BCUT2D eigenvalue weighted by atomic mass is 32.2. The van der Waals surface area contributed by atoms with Gasteiger partial charge in [-0.05, 0) is 104 Å². The predicted molar refractivity (Wildman–Crippen MR) is 308 cm³/mol. The van der Waals surface area contributed by atoms with Gasteiger partial charge in [0.15, 0.2) is 12.6 Å². The van der Waals surface area contributed by atoms with Gasteiger partial charge < -0.3 is 54.4 Å². The zero-order chi connectivity index (χ0) is 60.7. The number of rotatable bonds is 26. The Balaban J connectivity index is 0.000000241. The van der Waals surface area contributed by atoms with Gasteiger partial charge in [0, 0.05) is 39.0 Å². The van der Waals surface area contributed by atoms with Gasteiger partial charge in [-0.1, -0.05) is 106 Å². The first-order chi connectivity index (χ1) is 40.0. The lowest BCUT2D eigenvalue weighted by Gasteiger charge is -2.35. The average molecular weight is 1200 g/mol. The van der Waals surface area contributed by atoms with E-state index < -0.39 is 85.9 Å². The fourth-order valence-corrected chi connectivity index (χ4v) is 14.0. The highest BCUT2D eigenvalue weighted by Crippen LogP contribution is 2.35. The molecular formula is C61H80N6O15S2. The number of hydrogen-bond donors (Lipinski definition) is 5. The Morgan fingerprint density at radius 2 is 1.00 bits per heavy atom. The zero-order valence-corrected chi connectivity index (χ0v) is 50.0. The van der Waals surface area contributed by atoms with Crippen LogP contribution in [0.1, 0.15) is 82.9 Å². The molecule has 0 aromatic heterocycles. The smallest absolute Gasteiger partial charge is 0.407 e. The number of aryl methyl sites for hydroxylation is 1. The summed E-state index contributed by atoms with van der Waals surface area (Å²) < 4.78 is 91.3. The van der Waals surface area contributed by atoms with E-state index in [1.54, 1.807) is 24.3 Å². The largest absolute Gasteiger partial charge is 0.508 e. The minimum Gasteiger partial charge on any atom is -0.508 e. The summed E-state index contributed by atoms with van der Waals surface area (Å²) >= 11 is 0. The van der Waals surface area contributed by atoms with Gasteiger partial charge in [0.1, 0.15) is 18.0 Å². The van der Waals surface area contributed by atoms with E-state index in [0.29, 0.717) is 32.5 Å². The monoisotopic (exact) mass is 1200 g/mol.